The highest BCUT2D eigenvalue weighted by molar-refractivity contribution is 5.90. The maximum Gasteiger partial charge on any atom is 0.293 e. The third-order valence-electron chi connectivity index (χ3n) is 3.61. The maximum absolute atomic E-state index is 12.3. The Balaban J connectivity index is 2.02. The molecule has 0 unspecified atom stereocenters. The molecule has 1 saturated carbocycles. The van der Waals surface area contributed by atoms with E-state index in [1.165, 1.54) is 19.3 Å². The van der Waals surface area contributed by atoms with E-state index in [0.717, 1.165) is 18.9 Å². The minimum absolute atomic E-state index is 0.0486. The molecule has 1 aliphatic carbocycles. The first-order chi connectivity index (χ1) is 8.61. The molecule has 18 heavy (non-hydrogen) atoms. The Labute approximate surface area is 108 Å². The van der Waals surface area contributed by atoms with Crippen LogP contribution in [0.1, 0.15) is 62.4 Å². The number of amides is 1. The minimum Gasteiger partial charge on any atom is -0.336 e. The quantitative estimate of drug-likeness (QED) is 0.871. The first-order valence-electron chi connectivity index (χ1n) is 6.83. The standard InChI is InChI=1S/C13H22N4O/c1-4-17(8-10-6-5-7-10)13(18)12-14-11(9(2)3)15-16-12/h9-10H,4-8H2,1-3H3,(H,14,15,16). The fourth-order valence-corrected chi connectivity index (χ4v) is 2.11. The van der Waals surface area contributed by atoms with E-state index in [1.54, 1.807) is 0 Å². The molecule has 1 fully saturated rings. The van der Waals surface area contributed by atoms with Gasteiger partial charge in [0.1, 0.15) is 5.82 Å². The molecule has 0 saturated heterocycles. The molecule has 5 nitrogen and oxygen atoms in total. The molecule has 0 aliphatic heterocycles. The summed E-state index contributed by atoms with van der Waals surface area (Å²) in [6.07, 6.45) is 3.79. The third kappa shape index (κ3) is 2.71. The summed E-state index contributed by atoms with van der Waals surface area (Å²) in [7, 11) is 0. The van der Waals surface area contributed by atoms with Crippen molar-refractivity contribution in [2.45, 2.75) is 46.0 Å². The molecule has 0 radical (unpaired) electrons. The lowest BCUT2D eigenvalue weighted by Crippen LogP contribution is -2.37. The molecule has 1 N–H and O–H groups in total. The third-order valence-corrected chi connectivity index (χ3v) is 3.61. The molecule has 2 rings (SSSR count). The van der Waals surface area contributed by atoms with Crippen molar-refractivity contribution < 1.29 is 4.79 Å². The molecular formula is C13H22N4O. The number of hydrogen-bond donors (Lipinski definition) is 1. The van der Waals surface area contributed by atoms with Crippen LogP contribution in [0.4, 0.5) is 0 Å². The average Bonchev–Trinajstić information content (AvgIpc) is 2.76. The summed E-state index contributed by atoms with van der Waals surface area (Å²) < 4.78 is 0. The van der Waals surface area contributed by atoms with Crippen molar-refractivity contribution in [3.05, 3.63) is 11.6 Å². The molecule has 1 aromatic rings. The molecule has 1 heterocycles. The van der Waals surface area contributed by atoms with Crippen LogP contribution in [-0.2, 0) is 0 Å². The number of H-pyrrole nitrogens is 1. The van der Waals surface area contributed by atoms with Gasteiger partial charge < -0.3 is 4.90 Å². The lowest BCUT2D eigenvalue weighted by molar-refractivity contribution is 0.0694. The smallest absolute Gasteiger partial charge is 0.293 e. The van der Waals surface area contributed by atoms with Crippen molar-refractivity contribution in [3.63, 3.8) is 0 Å². The van der Waals surface area contributed by atoms with Crippen molar-refractivity contribution in [2.24, 2.45) is 5.92 Å². The molecule has 1 aromatic heterocycles. The molecule has 100 valence electrons. The fourth-order valence-electron chi connectivity index (χ4n) is 2.11. The Morgan fingerprint density at radius 1 is 1.50 bits per heavy atom. The van der Waals surface area contributed by atoms with Gasteiger partial charge in [-0.15, -0.1) is 5.10 Å². The number of hydrogen-bond acceptors (Lipinski definition) is 3. The van der Waals surface area contributed by atoms with Gasteiger partial charge >= 0.3 is 0 Å². The number of carbonyl (C=O) groups excluding carboxylic acids is 1. The van der Waals surface area contributed by atoms with Crippen LogP contribution >= 0.6 is 0 Å². The van der Waals surface area contributed by atoms with Gasteiger partial charge in [-0.1, -0.05) is 20.3 Å². The number of aromatic nitrogens is 3. The van der Waals surface area contributed by atoms with Gasteiger partial charge in [0.15, 0.2) is 0 Å². The van der Waals surface area contributed by atoms with Crippen LogP contribution in [0.3, 0.4) is 0 Å². The van der Waals surface area contributed by atoms with Gasteiger partial charge in [-0.3, -0.25) is 9.89 Å². The van der Waals surface area contributed by atoms with Gasteiger partial charge in [-0.05, 0) is 25.7 Å². The monoisotopic (exact) mass is 250 g/mol. The summed E-state index contributed by atoms with van der Waals surface area (Å²) >= 11 is 0. The summed E-state index contributed by atoms with van der Waals surface area (Å²) in [5, 5.41) is 6.87. The summed E-state index contributed by atoms with van der Waals surface area (Å²) in [6.45, 7) is 7.63. The van der Waals surface area contributed by atoms with E-state index < -0.39 is 0 Å². The zero-order valence-corrected chi connectivity index (χ0v) is 11.4. The number of rotatable bonds is 5. The van der Waals surface area contributed by atoms with Crippen molar-refractivity contribution in [3.8, 4) is 0 Å². The van der Waals surface area contributed by atoms with Crippen molar-refractivity contribution in [1.29, 1.82) is 0 Å². The summed E-state index contributed by atoms with van der Waals surface area (Å²) in [6, 6.07) is 0. The predicted molar refractivity (Wildman–Crippen MR) is 69.4 cm³/mol. The van der Waals surface area contributed by atoms with E-state index in [-0.39, 0.29) is 11.8 Å². The average molecular weight is 250 g/mol. The number of nitrogens with one attached hydrogen (secondary N) is 1. The lowest BCUT2D eigenvalue weighted by atomic mass is 9.85. The predicted octanol–water partition coefficient (Wildman–Crippen LogP) is 2.19. The Morgan fingerprint density at radius 2 is 2.22 bits per heavy atom. The number of carbonyl (C=O) groups is 1. The van der Waals surface area contributed by atoms with E-state index >= 15 is 0 Å². The molecule has 1 aliphatic rings. The maximum atomic E-state index is 12.3. The van der Waals surface area contributed by atoms with Gasteiger partial charge in [0.25, 0.3) is 5.91 Å². The molecule has 1 amide bonds. The Morgan fingerprint density at radius 3 is 2.67 bits per heavy atom. The van der Waals surface area contributed by atoms with Crippen LogP contribution in [0.15, 0.2) is 0 Å². The van der Waals surface area contributed by atoms with E-state index in [1.807, 2.05) is 25.7 Å². The molecular weight excluding hydrogens is 228 g/mol. The summed E-state index contributed by atoms with van der Waals surface area (Å²) in [5.41, 5.74) is 0. The fraction of sp³-hybridized carbons (Fsp3) is 0.769. The zero-order chi connectivity index (χ0) is 13.1. The van der Waals surface area contributed by atoms with Crippen LogP contribution < -0.4 is 0 Å². The number of aromatic amines is 1. The highest BCUT2D eigenvalue weighted by Gasteiger charge is 2.25. The minimum atomic E-state index is -0.0486. The van der Waals surface area contributed by atoms with Gasteiger partial charge in [0, 0.05) is 19.0 Å². The second-order valence-electron chi connectivity index (χ2n) is 5.34. The molecule has 0 bridgehead atoms. The highest BCUT2D eigenvalue weighted by atomic mass is 16.2. The van der Waals surface area contributed by atoms with Crippen molar-refractivity contribution in [1.82, 2.24) is 20.1 Å². The van der Waals surface area contributed by atoms with Crippen LogP contribution in [0, 0.1) is 5.92 Å². The first kappa shape index (κ1) is 13.1. The molecule has 5 heteroatoms. The molecule has 0 spiro atoms. The lowest BCUT2D eigenvalue weighted by Gasteiger charge is -2.31. The van der Waals surface area contributed by atoms with E-state index in [9.17, 15) is 4.79 Å². The summed E-state index contributed by atoms with van der Waals surface area (Å²) in [5.74, 6) is 1.98. The SMILES string of the molecule is CCN(CC1CCC1)C(=O)c1n[nH]c(C(C)C)n1. The van der Waals surface area contributed by atoms with Gasteiger partial charge in [-0.2, -0.15) is 0 Å². The highest BCUT2D eigenvalue weighted by Crippen LogP contribution is 2.27. The Kier molecular flexibility index (Phi) is 3.99. The van der Waals surface area contributed by atoms with Crippen LogP contribution in [0.2, 0.25) is 0 Å². The molecule has 0 aromatic carbocycles. The second-order valence-corrected chi connectivity index (χ2v) is 5.34. The van der Waals surface area contributed by atoms with E-state index in [0.29, 0.717) is 11.7 Å². The largest absolute Gasteiger partial charge is 0.336 e. The van der Waals surface area contributed by atoms with Crippen LogP contribution in [0.5, 0.6) is 0 Å². The number of nitrogens with zero attached hydrogens (tertiary/aromatic N) is 3. The molecule has 0 atom stereocenters. The van der Waals surface area contributed by atoms with E-state index in [4.69, 9.17) is 0 Å². The summed E-state index contributed by atoms with van der Waals surface area (Å²) in [4.78, 5) is 18.4. The van der Waals surface area contributed by atoms with Crippen LogP contribution in [-0.4, -0.2) is 39.1 Å². The van der Waals surface area contributed by atoms with Gasteiger partial charge in [0.2, 0.25) is 5.82 Å². The van der Waals surface area contributed by atoms with E-state index in [2.05, 4.69) is 15.2 Å². The zero-order valence-electron chi connectivity index (χ0n) is 11.4. The Hall–Kier alpha value is -1.39. The Bertz CT molecular complexity index is 409. The normalized spacial score (nSPS) is 15.8. The van der Waals surface area contributed by atoms with Crippen LogP contribution in [0.25, 0.3) is 0 Å². The van der Waals surface area contributed by atoms with Crippen molar-refractivity contribution >= 4 is 5.91 Å². The topological polar surface area (TPSA) is 61.9 Å². The van der Waals surface area contributed by atoms with Crippen molar-refractivity contribution in [2.75, 3.05) is 13.1 Å². The second kappa shape index (κ2) is 5.50. The van der Waals surface area contributed by atoms with Gasteiger partial charge in [0.05, 0.1) is 0 Å². The first-order valence-corrected chi connectivity index (χ1v) is 6.83. The van der Waals surface area contributed by atoms with Gasteiger partial charge in [-0.25, -0.2) is 4.98 Å².